The van der Waals surface area contributed by atoms with E-state index in [1.54, 1.807) is 36.4 Å². The summed E-state index contributed by atoms with van der Waals surface area (Å²) in [6.07, 6.45) is 7.24. The van der Waals surface area contributed by atoms with E-state index in [4.69, 9.17) is 11.6 Å². The molecule has 1 N–H and O–H groups in total. The first-order valence-electron chi connectivity index (χ1n) is 10.6. The van der Waals surface area contributed by atoms with Crippen LogP contribution in [0.4, 0.5) is 0 Å². The third kappa shape index (κ3) is 4.64. The van der Waals surface area contributed by atoms with Gasteiger partial charge < -0.3 is 10.2 Å². The fourth-order valence-electron chi connectivity index (χ4n) is 4.69. The lowest BCUT2D eigenvalue weighted by molar-refractivity contribution is 0.0390. The summed E-state index contributed by atoms with van der Waals surface area (Å²) in [6, 6.07) is 14.8. The van der Waals surface area contributed by atoms with Gasteiger partial charge in [0.2, 0.25) is 0 Å². The zero-order chi connectivity index (χ0) is 20.2. The van der Waals surface area contributed by atoms with Crippen molar-refractivity contribution in [2.75, 3.05) is 6.54 Å². The molecule has 1 saturated carbocycles. The first kappa shape index (κ1) is 20.0. The van der Waals surface area contributed by atoms with Crippen LogP contribution in [0, 0.1) is 5.92 Å². The second-order valence-corrected chi connectivity index (χ2v) is 8.58. The van der Waals surface area contributed by atoms with Crippen LogP contribution in [0.3, 0.4) is 0 Å². The molecule has 5 heteroatoms. The Balaban J connectivity index is 1.38. The van der Waals surface area contributed by atoms with Gasteiger partial charge in [-0.05, 0) is 73.6 Å². The highest BCUT2D eigenvalue weighted by atomic mass is 35.5. The number of piperidine rings is 1. The van der Waals surface area contributed by atoms with Crippen LogP contribution in [0.5, 0.6) is 0 Å². The molecule has 0 bridgehead atoms. The first-order valence-corrected chi connectivity index (χ1v) is 10.9. The summed E-state index contributed by atoms with van der Waals surface area (Å²) in [4.78, 5) is 27.6. The number of carbonyl (C=O) groups is 2. The number of rotatable bonds is 4. The van der Waals surface area contributed by atoms with Gasteiger partial charge in [-0.2, -0.15) is 0 Å². The Morgan fingerprint density at radius 3 is 2.31 bits per heavy atom. The molecule has 1 aliphatic carbocycles. The number of fused-ring (bicyclic) bond motifs is 1. The Hall–Kier alpha value is -2.33. The van der Waals surface area contributed by atoms with Crippen molar-refractivity contribution in [1.29, 1.82) is 0 Å². The highest BCUT2D eigenvalue weighted by molar-refractivity contribution is 6.30. The van der Waals surface area contributed by atoms with Crippen molar-refractivity contribution < 1.29 is 9.59 Å². The van der Waals surface area contributed by atoms with Crippen molar-refractivity contribution in [3.8, 4) is 0 Å². The van der Waals surface area contributed by atoms with Crippen LogP contribution in [0.15, 0.2) is 48.5 Å². The van der Waals surface area contributed by atoms with E-state index in [9.17, 15) is 9.59 Å². The van der Waals surface area contributed by atoms with E-state index < -0.39 is 0 Å². The van der Waals surface area contributed by atoms with Crippen LogP contribution >= 0.6 is 11.6 Å². The van der Waals surface area contributed by atoms with Crippen LogP contribution in [-0.2, 0) is 6.54 Å². The maximum Gasteiger partial charge on any atom is 0.254 e. The van der Waals surface area contributed by atoms with E-state index in [-0.39, 0.29) is 11.8 Å². The zero-order valence-electron chi connectivity index (χ0n) is 16.6. The molecule has 2 atom stereocenters. The lowest BCUT2D eigenvalue weighted by Crippen LogP contribution is -2.49. The summed E-state index contributed by atoms with van der Waals surface area (Å²) in [5.41, 5.74) is 2.22. The Morgan fingerprint density at radius 2 is 1.55 bits per heavy atom. The highest BCUT2D eigenvalue weighted by Crippen LogP contribution is 2.35. The van der Waals surface area contributed by atoms with Crippen LogP contribution in [0.25, 0.3) is 0 Å². The van der Waals surface area contributed by atoms with E-state index in [2.05, 4.69) is 10.2 Å². The number of benzene rings is 2. The summed E-state index contributed by atoms with van der Waals surface area (Å²) >= 11 is 5.89. The normalized spacial score (nSPS) is 21.3. The number of amides is 2. The molecule has 2 unspecified atom stereocenters. The van der Waals surface area contributed by atoms with Gasteiger partial charge in [0.05, 0.1) is 0 Å². The van der Waals surface area contributed by atoms with Crippen LogP contribution in [-0.4, -0.2) is 29.3 Å². The lowest BCUT2D eigenvalue weighted by atomic mass is 9.78. The minimum Gasteiger partial charge on any atom is -0.348 e. The Labute approximate surface area is 177 Å². The number of halogens is 1. The van der Waals surface area contributed by atoms with Gasteiger partial charge in [0.1, 0.15) is 0 Å². The summed E-state index contributed by atoms with van der Waals surface area (Å²) in [7, 11) is 0. The van der Waals surface area contributed by atoms with E-state index >= 15 is 0 Å². The molecule has 4 nitrogen and oxygen atoms in total. The predicted octanol–water partition coefficient (Wildman–Crippen LogP) is 5.06. The molecule has 2 aromatic rings. The predicted molar refractivity (Wildman–Crippen MR) is 115 cm³/mol. The number of nitrogens with zero attached hydrogens (tertiary/aromatic N) is 1. The quantitative estimate of drug-likeness (QED) is 0.765. The number of hydrogen-bond acceptors (Lipinski definition) is 2. The lowest BCUT2D eigenvalue weighted by Gasteiger charge is -2.44. The fraction of sp³-hybridized carbons (Fsp3) is 0.417. The maximum atomic E-state index is 13.1. The molecule has 0 spiro atoms. The minimum absolute atomic E-state index is 0.106. The molecule has 0 radical (unpaired) electrons. The van der Waals surface area contributed by atoms with E-state index in [1.807, 2.05) is 12.1 Å². The Kier molecular flexibility index (Phi) is 6.19. The second kappa shape index (κ2) is 9.00. The molecular formula is C24H27ClN2O2. The first-order chi connectivity index (χ1) is 14.1. The summed E-state index contributed by atoms with van der Waals surface area (Å²) in [5.74, 6) is 0.623. The second-order valence-electron chi connectivity index (χ2n) is 8.14. The molecule has 29 heavy (non-hydrogen) atoms. The van der Waals surface area contributed by atoms with Crippen molar-refractivity contribution in [3.63, 3.8) is 0 Å². The number of carbonyl (C=O) groups excluding carboxylic acids is 2. The zero-order valence-corrected chi connectivity index (χ0v) is 17.3. The van der Waals surface area contributed by atoms with Crippen molar-refractivity contribution in [2.45, 2.75) is 51.1 Å². The summed E-state index contributed by atoms with van der Waals surface area (Å²) < 4.78 is 0. The van der Waals surface area contributed by atoms with Gasteiger partial charge in [0, 0.05) is 35.3 Å². The Bertz CT molecular complexity index is 861. The molecule has 4 rings (SSSR count). The molecule has 2 aromatic carbocycles. The molecule has 2 aliphatic rings. The molecule has 0 aromatic heterocycles. The average Bonchev–Trinajstić information content (AvgIpc) is 2.78. The monoisotopic (exact) mass is 410 g/mol. The van der Waals surface area contributed by atoms with Crippen LogP contribution in [0.1, 0.15) is 64.8 Å². The molecule has 2 fully saturated rings. The maximum absolute atomic E-state index is 13.1. The average molecular weight is 411 g/mol. The summed E-state index contributed by atoms with van der Waals surface area (Å²) in [6.45, 7) is 1.29. The van der Waals surface area contributed by atoms with E-state index in [1.165, 1.54) is 25.7 Å². The number of hydrogen-bond donors (Lipinski definition) is 1. The van der Waals surface area contributed by atoms with Crippen molar-refractivity contribution in [2.24, 2.45) is 5.92 Å². The van der Waals surface area contributed by atoms with Gasteiger partial charge in [-0.3, -0.25) is 9.59 Å². The van der Waals surface area contributed by atoms with Crippen molar-refractivity contribution in [1.82, 2.24) is 10.2 Å². The van der Waals surface area contributed by atoms with Crippen LogP contribution in [0.2, 0.25) is 5.02 Å². The van der Waals surface area contributed by atoms with Crippen molar-refractivity contribution >= 4 is 23.4 Å². The van der Waals surface area contributed by atoms with Gasteiger partial charge in [-0.15, -0.1) is 0 Å². The van der Waals surface area contributed by atoms with Gasteiger partial charge in [0.25, 0.3) is 11.8 Å². The van der Waals surface area contributed by atoms with Gasteiger partial charge >= 0.3 is 0 Å². The smallest absolute Gasteiger partial charge is 0.254 e. The number of likely N-dealkylation sites (tertiary alicyclic amines) is 1. The molecule has 1 saturated heterocycles. The fourth-order valence-corrected chi connectivity index (χ4v) is 4.82. The third-order valence-corrected chi connectivity index (χ3v) is 6.52. The van der Waals surface area contributed by atoms with E-state index in [0.29, 0.717) is 34.7 Å². The molecule has 152 valence electrons. The standard InChI is InChI=1S/C24H27ClN2O2/c25-21-13-7-17(8-14-21)16-26-23(28)19-9-11-20(12-10-19)24(29)27-15-3-5-18-4-1-2-6-22(18)27/h7-14,18,22H,1-6,15-16H2,(H,26,28). The third-order valence-electron chi connectivity index (χ3n) is 6.26. The number of nitrogens with one attached hydrogen (secondary N) is 1. The topological polar surface area (TPSA) is 49.4 Å². The highest BCUT2D eigenvalue weighted by Gasteiger charge is 2.35. The Morgan fingerprint density at radius 1 is 0.897 bits per heavy atom. The van der Waals surface area contributed by atoms with Gasteiger partial charge in [-0.25, -0.2) is 0 Å². The van der Waals surface area contributed by atoms with Gasteiger partial charge in [-0.1, -0.05) is 36.6 Å². The minimum atomic E-state index is -0.149. The largest absolute Gasteiger partial charge is 0.348 e. The van der Waals surface area contributed by atoms with Gasteiger partial charge in [0.15, 0.2) is 0 Å². The van der Waals surface area contributed by atoms with Crippen molar-refractivity contribution in [3.05, 3.63) is 70.2 Å². The molecule has 2 amide bonds. The van der Waals surface area contributed by atoms with Crippen LogP contribution < -0.4 is 5.32 Å². The molecule has 1 heterocycles. The molecular weight excluding hydrogens is 384 g/mol. The SMILES string of the molecule is O=C(NCc1ccc(Cl)cc1)c1ccc(C(=O)N2CCCC3CCCCC32)cc1. The summed E-state index contributed by atoms with van der Waals surface area (Å²) in [5, 5.41) is 3.58. The molecule has 1 aliphatic heterocycles. The van der Waals surface area contributed by atoms with E-state index in [0.717, 1.165) is 24.9 Å².